The molecular weight excluding hydrogens is 282 g/mol. The van der Waals surface area contributed by atoms with E-state index >= 15 is 0 Å². The van der Waals surface area contributed by atoms with E-state index in [1.165, 1.54) is 19.1 Å². The summed E-state index contributed by atoms with van der Waals surface area (Å²) in [4.78, 5) is 11.5. The second-order valence-corrected chi connectivity index (χ2v) is 5.87. The number of ketones is 1. The van der Waals surface area contributed by atoms with Crippen molar-refractivity contribution < 1.29 is 21.9 Å². The van der Waals surface area contributed by atoms with Gasteiger partial charge in [-0.25, -0.2) is 0 Å². The lowest BCUT2D eigenvalue weighted by atomic mass is 10.0. The van der Waals surface area contributed by atoms with Crippen molar-refractivity contribution in [2.45, 2.75) is 39.3 Å². The molecule has 0 fully saturated rings. The lowest BCUT2D eigenvalue weighted by Crippen LogP contribution is -2.41. The van der Waals surface area contributed by atoms with Crippen molar-refractivity contribution in [2.75, 3.05) is 0 Å². The minimum Gasteiger partial charge on any atom is -0.362 e. The van der Waals surface area contributed by atoms with Gasteiger partial charge in [0.15, 0.2) is 0 Å². The number of rotatable bonds is 7. The van der Waals surface area contributed by atoms with E-state index in [4.69, 9.17) is 4.55 Å². The first-order chi connectivity index (χ1) is 9.17. The van der Waals surface area contributed by atoms with E-state index in [-0.39, 0.29) is 23.6 Å². The van der Waals surface area contributed by atoms with Gasteiger partial charge in [-0.3, -0.25) is 9.35 Å². The van der Waals surface area contributed by atoms with Gasteiger partial charge < -0.3 is 9.50 Å². The first-order valence-electron chi connectivity index (χ1n) is 6.19. The summed E-state index contributed by atoms with van der Waals surface area (Å²) in [5.41, 5.74) is 0.862. The summed E-state index contributed by atoms with van der Waals surface area (Å²) in [5.74, 6) is 0.0596. The largest absolute Gasteiger partial charge is 0.446 e. The van der Waals surface area contributed by atoms with Crippen molar-refractivity contribution in [3.63, 3.8) is 0 Å². The van der Waals surface area contributed by atoms with Crippen LogP contribution in [-0.4, -0.2) is 30.8 Å². The Morgan fingerprint density at radius 2 is 1.85 bits per heavy atom. The van der Waals surface area contributed by atoms with Gasteiger partial charge in [0.2, 0.25) is 0 Å². The molecule has 0 saturated heterocycles. The van der Waals surface area contributed by atoms with E-state index < -0.39 is 10.4 Å². The van der Waals surface area contributed by atoms with Crippen molar-refractivity contribution in [3.05, 3.63) is 29.8 Å². The molecule has 1 atom stereocenters. The summed E-state index contributed by atoms with van der Waals surface area (Å²) in [6.07, 6.45) is 0.500. The van der Waals surface area contributed by atoms with E-state index in [9.17, 15) is 13.2 Å². The lowest BCUT2D eigenvalue weighted by molar-refractivity contribution is -0.119. The molecule has 1 rings (SSSR count). The second kappa shape index (κ2) is 6.83. The second-order valence-electron chi connectivity index (χ2n) is 4.84. The maximum absolute atomic E-state index is 11.5. The molecule has 0 heterocycles. The van der Waals surface area contributed by atoms with Gasteiger partial charge in [0.25, 0.3) is 0 Å². The lowest BCUT2D eigenvalue weighted by Gasteiger charge is -2.18. The Morgan fingerprint density at radius 3 is 2.25 bits per heavy atom. The third-order valence-electron chi connectivity index (χ3n) is 2.59. The first kappa shape index (κ1) is 16.6. The molecule has 1 unspecified atom stereocenters. The third kappa shape index (κ3) is 6.14. The summed E-state index contributed by atoms with van der Waals surface area (Å²) in [6.45, 7) is 5.44. The molecule has 0 radical (unpaired) electrons. The topological polar surface area (TPSA) is 92.7 Å². The zero-order chi connectivity index (χ0) is 15.3. The van der Waals surface area contributed by atoms with Crippen LogP contribution in [0.1, 0.15) is 26.3 Å². The fraction of sp³-hybridized carbons (Fsp3) is 0.462. The Balaban J connectivity index is 2.75. The number of carbonyl (C=O) groups is 1. The highest BCUT2D eigenvalue weighted by atomic mass is 32.3. The van der Waals surface area contributed by atoms with Gasteiger partial charge in [-0.1, -0.05) is 26.0 Å². The Bertz CT molecular complexity index is 551. The zero-order valence-electron chi connectivity index (χ0n) is 11.7. The van der Waals surface area contributed by atoms with Gasteiger partial charge >= 0.3 is 10.4 Å². The van der Waals surface area contributed by atoms with Crippen LogP contribution in [0.15, 0.2) is 24.3 Å². The minimum atomic E-state index is -4.51. The van der Waals surface area contributed by atoms with Crippen molar-refractivity contribution in [3.8, 4) is 5.75 Å². The smallest absolute Gasteiger partial charge is 0.362 e. The fourth-order valence-electron chi connectivity index (χ4n) is 1.76. The molecule has 0 saturated carbocycles. The van der Waals surface area contributed by atoms with Crippen LogP contribution in [0.5, 0.6) is 5.75 Å². The standard InChI is InChI=1S/C13H19NO5S/c1-9(2)14-13(10(3)15)8-11-4-6-12(7-5-11)19-20(16,17)18/h4-7,9,13-14H,8H2,1-3H3,(H,16,17,18). The molecule has 0 bridgehead atoms. The van der Waals surface area contributed by atoms with Crippen LogP contribution in [0, 0.1) is 0 Å². The highest BCUT2D eigenvalue weighted by Gasteiger charge is 2.15. The van der Waals surface area contributed by atoms with Crippen molar-refractivity contribution in [2.24, 2.45) is 0 Å². The first-order valence-corrected chi connectivity index (χ1v) is 7.56. The van der Waals surface area contributed by atoms with Gasteiger partial charge in [0.1, 0.15) is 11.5 Å². The van der Waals surface area contributed by atoms with Crippen molar-refractivity contribution in [1.82, 2.24) is 5.32 Å². The van der Waals surface area contributed by atoms with Crippen molar-refractivity contribution >= 4 is 16.2 Å². The van der Waals surface area contributed by atoms with Crippen LogP contribution in [0.25, 0.3) is 0 Å². The molecule has 0 spiro atoms. The molecule has 20 heavy (non-hydrogen) atoms. The summed E-state index contributed by atoms with van der Waals surface area (Å²) in [5, 5.41) is 3.16. The van der Waals surface area contributed by atoms with Crippen LogP contribution in [0.3, 0.4) is 0 Å². The number of nitrogens with one attached hydrogen (secondary N) is 1. The zero-order valence-corrected chi connectivity index (χ0v) is 12.5. The highest BCUT2D eigenvalue weighted by Crippen LogP contribution is 2.15. The summed E-state index contributed by atoms with van der Waals surface area (Å²) in [6, 6.07) is 6.05. The maximum Gasteiger partial charge on any atom is 0.446 e. The molecule has 0 aliphatic carbocycles. The molecule has 0 aromatic heterocycles. The Kier molecular flexibility index (Phi) is 5.67. The Hall–Kier alpha value is -1.44. The van der Waals surface area contributed by atoms with Crippen LogP contribution >= 0.6 is 0 Å². The van der Waals surface area contributed by atoms with Crippen LogP contribution in [0.2, 0.25) is 0 Å². The quantitative estimate of drug-likeness (QED) is 0.739. The normalized spacial score (nSPS) is 13.2. The molecule has 0 amide bonds. The van der Waals surface area contributed by atoms with E-state index in [2.05, 4.69) is 9.50 Å². The van der Waals surface area contributed by atoms with Gasteiger partial charge in [-0.15, -0.1) is 0 Å². The van der Waals surface area contributed by atoms with Crippen LogP contribution < -0.4 is 9.50 Å². The summed E-state index contributed by atoms with van der Waals surface area (Å²) in [7, 11) is -4.51. The molecule has 1 aromatic rings. The monoisotopic (exact) mass is 301 g/mol. The molecular formula is C13H19NO5S. The fourth-order valence-corrected chi connectivity index (χ4v) is 2.12. The van der Waals surface area contributed by atoms with Crippen molar-refractivity contribution in [1.29, 1.82) is 0 Å². The van der Waals surface area contributed by atoms with E-state index in [0.717, 1.165) is 5.56 Å². The number of Topliss-reactive ketones (excluding diaryl/α,β-unsaturated/α-hetero) is 1. The van der Waals surface area contributed by atoms with E-state index in [1.54, 1.807) is 12.1 Å². The predicted octanol–water partition coefficient (Wildman–Crippen LogP) is 1.37. The molecule has 0 aliphatic heterocycles. The summed E-state index contributed by atoms with van der Waals surface area (Å²) >= 11 is 0. The predicted molar refractivity (Wildman–Crippen MR) is 75.1 cm³/mol. The average Bonchev–Trinajstić information content (AvgIpc) is 2.28. The molecule has 7 heteroatoms. The third-order valence-corrected chi connectivity index (χ3v) is 2.99. The molecule has 1 aromatic carbocycles. The molecule has 112 valence electrons. The van der Waals surface area contributed by atoms with E-state index in [0.29, 0.717) is 6.42 Å². The molecule has 0 aliphatic rings. The number of hydrogen-bond acceptors (Lipinski definition) is 5. The van der Waals surface area contributed by atoms with Gasteiger partial charge in [-0.2, -0.15) is 8.42 Å². The number of carbonyl (C=O) groups excluding carboxylic acids is 1. The van der Waals surface area contributed by atoms with Gasteiger partial charge in [-0.05, 0) is 31.0 Å². The molecule has 6 nitrogen and oxygen atoms in total. The Labute approximate surface area is 119 Å². The Morgan fingerprint density at radius 1 is 1.30 bits per heavy atom. The number of benzene rings is 1. The van der Waals surface area contributed by atoms with Crippen LogP contribution in [-0.2, 0) is 21.6 Å². The summed E-state index contributed by atoms with van der Waals surface area (Å²) < 4.78 is 34.0. The minimum absolute atomic E-state index is 0.0208. The maximum atomic E-state index is 11.5. The van der Waals surface area contributed by atoms with Gasteiger partial charge in [0, 0.05) is 6.04 Å². The SMILES string of the molecule is CC(=O)C(Cc1ccc(OS(=O)(=O)O)cc1)NC(C)C. The van der Waals surface area contributed by atoms with E-state index in [1.807, 2.05) is 13.8 Å². The van der Waals surface area contributed by atoms with Gasteiger partial charge in [0.05, 0.1) is 6.04 Å². The average molecular weight is 301 g/mol. The molecule has 2 N–H and O–H groups in total. The highest BCUT2D eigenvalue weighted by molar-refractivity contribution is 7.81. The van der Waals surface area contributed by atoms with Crippen LogP contribution in [0.4, 0.5) is 0 Å². The number of hydrogen-bond donors (Lipinski definition) is 2.